The fourth-order valence-electron chi connectivity index (χ4n) is 1.07. The van der Waals surface area contributed by atoms with Crippen LogP contribution < -0.4 is 0 Å². The molecule has 0 saturated carbocycles. The van der Waals surface area contributed by atoms with Crippen LogP contribution in [0.3, 0.4) is 0 Å². The number of carboxylic acids is 1. The number of aromatic nitrogens is 2. The van der Waals surface area contributed by atoms with Crippen LogP contribution in [0.15, 0.2) is 12.3 Å². The van der Waals surface area contributed by atoms with Crippen LogP contribution in [-0.2, 0) is 16.1 Å². The van der Waals surface area contributed by atoms with E-state index in [-0.39, 0.29) is 12.2 Å². The predicted octanol–water partition coefficient (Wildman–Crippen LogP) is 0.923. The molecule has 0 aliphatic carbocycles. The van der Waals surface area contributed by atoms with E-state index in [1.807, 2.05) is 0 Å². The number of rotatable bonds is 3. The van der Waals surface area contributed by atoms with Crippen molar-refractivity contribution in [2.24, 2.45) is 0 Å². The Bertz CT molecular complexity index is 403. The van der Waals surface area contributed by atoms with Gasteiger partial charge in [-0.05, 0) is 26.8 Å². The second-order valence-electron chi connectivity index (χ2n) is 4.29. The van der Waals surface area contributed by atoms with Gasteiger partial charge >= 0.3 is 11.9 Å². The smallest absolute Gasteiger partial charge is 0.356 e. The molecule has 0 aromatic carbocycles. The Morgan fingerprint density at radius 1 is 1.50 bits per heavy atom. The Hall–Kier alpha value is -1.85. The normalized spacial score (nSPS) is 11.2. The van der Waals surface area contributed by atoms with Crippen molar-refractivity contribution in [2.45, 2.75) is 32.9 Å². The number of aromatic carboxylic acids is 1. The standard InChI is InChI=1S/C10H14N2O4/c1-10(2,3)16-8(13)6-12-5-4-7(11-12)9(14)15/h4-5H,6H2,1-3H3,(H,14,15). The molecule has 0 amide bonds. The number of hydrogen-bond donors (Lipinski definition) is 1. The zero-order valence-corrected chi connectivity index (χ0v) is 9.43. The van der Waals surface area contributed by atoms with E-state index in [2.05, 4.69) is 5.10 Å². The maximum absolute atomic E-state index is 11.4. The molecule has 0 aliphatic rings. The number of carbonyl (C=O) groups excluding carboxylic acids is 1. The monoisotopic (exact) mass is 226 g/mol. The van der Waals surface area contributed by atoms with E-state index in [1.165, 1.54) is 16.9 Å². The van der Waals surface area contributed by atoms with E-state index in [4.69, 9.17) is 9.84 Å². The quantitative estimate of drug-likeness (QED) is 0.775. The molecule has 0 unspecified atom stereocenters. The summed E-state index contributed by atoms with van der Waals surface area (Å²) in [5, 5.41) is 12.3. The van der Waals surface area contributed by atoms with Gasteiger partial charge in [0.1, 0.15) is 12.1 Å². The van der Waals surface area contributed by atoms with Crippen LogP contribution >= 0.6 is 0 Å². The second kappa shape index (κ2) is 4.34. The molecule has 6 nitrogen and oxygen atoms in total. The van der Waals surface area contributed by atoms with Gasteiger partial charge in [-0.15, -0.1) is 0 Å². The molecule has 0 atom stereocenters. The first-order chi connectivity index (χ1) is 7.28. The van der Waals surface area contributed by atoms with E-state index in [0.717, 1.165) is 0 Å². The van der Waals surface area contributed by atoms with Gasteiger partial charge in [-0.1, -0.05) is 0 Å². The summed E-state index contributed by atoms with van der Waals surface area (Å²) in [5.41, 5.74) is -0.650. The summed E-state index contributed by atoms with van der Waals surface area (Å²) in [6, 6.07) is 1.33. The Labute approximate surface area is 92.8 Å². The topological polar surface area (TPSA) is 81.4 Å². The van der Waals surface area contributed by atoms with E-state index >= 15 is 0 Å². The van der Waals surface area contributed by atoms with Crippen molar-refractivity contribution in [3.8, 4) is 0 Å². The van der Waals surface area contributed by atoms with Crippen molar-refractivity contribution in [3.63, 3.8) is 0 Å². The maximum atomic E-state index is 11.4. The second-order valence-corrected chi connectivity index (χ2v) is 4.29. The van der Waals surface area contributed by atoms with Crippen LogP contribution in [0.1, 0.15) is 31.3 Å². The van der Waals surface area contributed by atoms with E-state index in [9.17, 15) is 9.59 Å². The van der Waals surface area contributed by atoms with Gasteiger partial charge < -0.3 is 9.84 Å². The van der Waals surface area contributed by atoms with E-state index in [0.29, 0.717) is 0 Å². The lowest BCUT2D eigenvalue weighted by atomic mass is 10.2. The summed E-state index contributed by atoms with van der Waals surface area (Å²) in [7, 11) is 0. The van der Waals surface area contributed by atoms with Gasteiger partial charge in [0.25, 0.3) is 0 Å². The number of esters is 1. The van der Waals surface area contributed by atoms with Gasteiger partial charge in [0.2, 0.25) is 0 Å². The molecule has 0 saturated heterocycles. The molecular weight excluding hydrogens is 212 g/mol. The van der Waals surface area contributed by atoms with Gasteiger partial charge in [0.05, 0.1) is 0 Å². The van der Waals surface area contributed by atoms with Crippen LogP contribution in [0.25, 0.3) is 0 Å². The van der Waals surface area contributed by atoms with Crippen LogP contribution in [-0.4, -0.2) is 32.4 Å². The van der Waals surface area contributed by atoms with Crippen LogP contribution in [0.5, 0.6) is 0 Å². The molecule has 88 valence electrons. The average molecular weight is 226 g/mol. The third-order valence-corrected chi connectivity index (χ3v) is 1.57. The first-order valence-corrected chi connectivity index (χ1v) is 4.76. The van der Waals surface area contributed by atoms with Crippen LogP contribution in [0.2, 0.25) is 0 Å². The van der Waals surface area contributed by atoms with Gasteiger partial charge in [-0.2, -0.15) is 5.10 Å². The summed E-state index contributed by atoms with van der Waals surface area (Å²) in [5.74, 6) is -1.57. The van der Waals surface area contributed by atoms with E-state index in [1.54, 1.807) is 20.8 Å². The highest BCUT2D eigenvalue weighted by Crippen LogP contribution is 2.07. The Morgan fingerprint density at radius 3 is 2.56 bits per heavy atom. The summed E-state index contributed by atoms with van der Waals surface area (Å²) >= 11 is 0. The summed E-state index contributed by atoms with van der Waals surface area (Å²) < 4.78 is 6.30. The lowest BCUT2D eigenvalue weighted by molar-refractivity contribution is -0.155. The first-order valence-electron chi connectivity index (χ1n) is 4.76. The zero-order valence-electron chi connectivity index (χ0n) is 9.43. The molecule has 6 heteroatoms. The molecule has 0 radical (unpaired) electrons. The van der Waals surface area contributed by atoms with E-state index < -0.39 is 17.5 Å². The highest BCUT2D eigenvalue weighted by atomic mass is 16.6. The minimum absolute atomic E-state index is 0.0927. The average Bonchev–Trinajstić information content (AvgIpc) is 2.48. The number of carbonyl (C=O) groups is 2. The third-order valence-electron chi connectivity index (χ3n) is 1.57. The summed E-state index contributed by atoms with van der Waals surface area (Å²) in [6.45, 7) is 5.19. The lowest BCUT2D eigenvalue weighted by Crippen LogP contribution is -2.26. The van der Waals surface area contributed by atoms with Gasteiger partial charge in [-0.3, -0.25) is 9.48 Å². The molecule has 0 aliphatic heterocycles. The van der Waals surface area contributed by atoms with Crippen molar-refractivity contribution in [3.05, 3.63) is 18.0 Å². The SMILES string of the molecule is CC(C)(C)OC(=O)Cn1ccc(C(=O)O)n1. The van der Waals surface area contributed by atoms with Crippen molar-refractivity contribution >= 4 is 11.9 Å². The minimum Gasteiger partial charge on any atom is -0.476 e. The third kappa shape index (κ3) is 3.72. The number of nitrogens with zero attached hydrogens (tertiary/aromatic N) is 2. The molecule has 1 aromatic rings. The van der Waals surface area contributed by atoms with Crippen molar-refractivity contribution in [1.29, 1.82) is 0 Å². The highest BCUT2D eigenvalue weighted by molar-refractivity contribution is 5.85. The fraction of sp³-hybridized carbons (Fsp3) is 0.500. The van der Waals surface area contributed by atoms with Gasteiger partial charge in [-0.25, -0.2) is 4.79 Å². The Balaban J connectivity index is 2.60. The number of carboxylic acid groups (broad SMARTS) is 1. The molecule has 1 rings (SSSR count). The number of hydrogen-bond acceptors (Lipinski definition) is 4. The van der Waals surface area contributed by atoms with Crippen molar-refractivity contribution in [2.75, 3.05) is 0 Å². The highest BCUT2D eigenvalue weighted by Gasteiger charge is 2.17. The van der Waals surface area contributed by atoms with Gasteiger partial charge in [0, 0.05) is 6.20 Å². The molecule has 1 N–H and O–H groups in total. The predicted molar refractivity (Wildman–Crippen MR) is 55.0 cm³/mol. The largest absolute Gasteiger partial charge is 0.476 e. The summed E-state index contributed by atoms with van der Waals surface area (Å²) in [4.78, 5) is 21.9. The molecular formula is C10H14N2O4. The molecule has 0 bridgehead atoms. The molecule has 16 heavy (non-hydrogen) atoms. The van der Waals surface area contributed by atoms with Crippen LogP contribution in [0.4, 0.5) is 0 Å². The number of ether oxygens (including phenoxy) is 1. The molecule has 1 aromatic heterocycles. The first kappa shape index (κ1) is 12.2. The van der Waals surface area contributed by atoms with Crippen LogP contribution in [0, 0.1) is 0 Å². The molecule has 1 heterocycles. The van der Waals surface area contributed by atoms with Gasteiger partial charge in [0.15, 0.2) is 5.69 Å². The van der Waals surface area contributed by atoms with Crippen molar-refractivity contribution in [1.82, 2.24) is 9.78 Å². The minimum atomic E-state index is -1.12. The molecule has 0 fully saturated rings. The maximum Gasteiger partial charge on any atom is 0.356 e. The Kier molecular flexibility index (Phi) is 3.31. The molecule has 0 spiro atoms. The zero-order chi connectivity index (χ0) is 12.3. The lowest BCUT2D eigenvalue weighted by Gasteiger charge is -2.19. The van der Waals surface area contributed by atoms with Crippen molar-refractivity contribution < 1.29 is 19.4 Å². The Morgan fingerprint density at radius 2 is 2.12 bits per heavy atom. The fourth-order valence-corrected chi connectivity index (χ4v) is 1.07. The summed E-state index contributed by atoms with van der Waals surface area (Å²) in [6.07, 6.45) is 1.42.